The summed E-state index contributed by atoms with van der Waals surface area (Å²) < 4.78 is 5.18. The third-order valence-electron chi connectivity index (χ3n) is 5.58. The van der Waals surface area contributed by atoms with Crippen molar-refractivity contribution < 1.29 is 9.53 Å². The third kappa shape index (κ3) is 1.83. The second-order valence-corrected chi connectivity index (χ2v) is 6.53. The summed E-state index contributed by atoms with van der Waals surface area (Å²) in [6, 6.07) is 8.61. The van der Waals surface area contributed by atoms with Crippen molar-refractivity contribution in [2.24, 2.45) is 11.8 Å². The maximum atomic E-state index is 12.6. The number of carbonyl (C=O) groups excluding carboxylic acids is 1. The lowest BCUT2D eigenvalue weighted by Gasteiger charge is -2.44. The Morgan fingerprint density at radius 2 is 2.18 bits per heavy atom. The van der Waals surface area contributed by atoms with Gasteiger partial charge < -0.3 is 15.0 Å². The van der Waals surface area contributed by atoms with Crippen molar-refractivity contribution in [3.8, 4) is 0 Å². The first-order valence-corrected chi connectivity index (χ1v) is 8.16. The molecule has 0 radical (unpaired) electrons. The van der Waals surface area contributed by atoms with Crippen LogP contribution in [0.3, 0.4) is 0 Å². The van der Waals surface area contributed by atoms with Crippen LogP contribution in [0.4, 0.5) is 0 Å². The van der Waals surface area contributed by atoms with Gasteiger partial charge in [0.2, 0.25) is 0 Å². The van der Waals surface area contributed by atoms with Gasteiger partial charge in [-0.3, -0.25) is 4.79 Å². The summed E-state index contributed by atoms with van der Waals surface area (Å²) in [7, 11) is 1.50. The van der Waals surface area contributed by atoms with Crippen molar-refractivity contribution in [1.82, 2.24) is 10.3 Å². The Labute approximate surface area is 130 Å². The number of hydrogen-bond acceptors (Lipinski definition) is 3. The van der Waals surface area contributed by atoms with Gasteiger partial charge in [-0.15, -0.1) is 0 Å². The highest BCUT2D eigenvalue weighted by Crippen LogP contribution is 2.50. The van der Waals surface area contributed by atoms with E-state index in [0.717, 1.165) is 30.5 Å². The zero-order chi connectivity index (χ0) is 15.3. The molecule has 22 heavy (non-hydrogen) atoms. The van der Waals surface area contributed by atoms with Crippen LogP contribution in [0.25, 0.3) is 10.9 Å². The number of piperidine rings is 1. The largest absolute Gasteiger partial charge is 0.469 e. The first-order valence-electron chi connectivity index (χ1n) is 8.16. The number of H-pyrrole nitrogens is 1. The van der Waals surface area contributed by atoms with Gasteiger partial charge in [-0.05, 0) is 36.4 Å². The van der Waals surface area contributed by atoms with Crippen molar-refractivity contribution in [2.45, 2.75) is 31.7 Å². The van der Waals surface area contributed by atoms with E-state index in [1.165, 1.54) is 18.2 Å². The molecule has 0 saturated carbocycles. The van der Waals surface area contributed by atoms with Crippen LogP contribution in [0.1, 0.15) is 43.0 Å². The molecule has 1 aromatic heterocycles. The summed E-state index contributed by atoms with van der Waals surface area (Å²) in [6.45, 7) is 3.19. The van der Waals surface area contributed by atoms with Crippen molar-refractivity contribution in [3.63, 3.8) is 0 Å². The van der Waals surface area contributed by atoms with Gasteiger partial charge in [-0.1, -0.05) is 31.5 Å². The molecule has 4 heteroatoms. The summed E-state index contributed by atoms with van der Waals surface area (Å²) in [6.07, 6.45) is 2.10. The van der Waals surface area contributed by atoms with E-state index < -0.39 is 0 Å². The zero-order valence-electron chi connectivity index (χ0n) is 13.1. The van der Waals surface area contributed by atoms with Crippen LogP contribution in [0.15, 0.2) is 24.3 Å². The number of nitrogens with one attached hydrogen (secondary N) is 2. The number of fused-ring (bicyclic) bond motifs is 6. The zero-order valence-corrected chi connectivity index (χ0v) is 13.1. The van der Waals surface area contributed by atoms with Gasteiger partial charge in [0.05, 0.1) is 13.0 Å². The van der Waals surface area contributed by atoms with Gasteiger partial charge in [-0.2, -0.15) is 0 Å². The third-order valence-corrected chi connectivity index (χ3v) is 5.58. The number of carbonyl (C=O) groups is 1. The standard InChI is InChI=1S/C18H22N2O2/c1-3-10-9-19-14-8-12(10)16(18(21)22-2)15-11-6-4-5-7-13(11)20-17(14)15/h4-7,10,12,14,16,19-20H,3,8-9H2,1-2H3/t10-,12-,14-,16+/m0/s1. The minimum Gasteiger partial charge on any atom is -0.469 e. The van der Waals surface area contributed by atoms with Gasteiger partial charge in [-0.25, -0.2) is 0 Å². The van der Waals surface area contributed by atoms with Gasteiger partial charge in [0.1, 0.15) is 0 Å². The number of methoxy groups -OCH3 is 1. The second-order valence-electron chi connectivity index (χ2n) is 6.53. The summed E-state index contributed by atoms with van der Waals surface area (Å²) in [5.74, 6) is 0.673. The highest BCUT2D eigenvalue weighted by atomic mass is 16.5. The number of benzene rings is 1. The molecule has 2 heterocycles. The minimum absolute atomic E-state index is 0.0881. The Morgan fingerprint density at radius 3 is 2.95 bits per heavy atom. The quantitative estimate of drug-likeness (QED) is 0.838. The minimum atomic E-state index is -0.139. The van der Waals surface area contributed by atoms with Crippen LogP contribution in [0, 0.1) is 11.8 Å². The van der Waals surface area contributed by atoms with Crippen LogP contribution in [-0.4, -0.2) is 24.6 Å². The molecule has 1 saturated heterocycles. The summed E-state index contributed by atoms with van der Waals surface area (Å²) >= 11 is 0. The molecule has 0 amide bonds. The van der Waals surface area contributed by atoms with Crippen LogP contribution in [-0.2, 0) is 9.53 Å². The fourth-order valence-corrected chi connectivity index (χ4v) is 4.50. The fraction of sp³-hybridized carbons (Fsp3) is 0.500. The smallest absolute Gasteiger partial charge is 0.313 e. The molecule has 1 fully saturated rings. The topological polar surface area (TPSA) is 54.1 Å². The molecule has 1 aromatic carbocycles. The number of hydrogen-bond donors (Lipinski definition) is 2. The maximum Gasteiger partial charge on any atom is 0.313 e. The Bertz CT molecular complexity index is 721. The summed E-state index contributed by atoms with van der Waals surface area (Å²) in [4.78, 5) is 16.1. The second kappa shape index (κ2) is 5.13. The number of esters is 1. The number of rotatable bonds is 2. The van der Waals surface area contributed by atoms with Gasteiger partial charge in [0.15, 0.2) is 0 Å². The molecule has 2 aromatic rings. The Hall–Kier alpha value is -1.81. The average Bonchev–Trinajstić information content (AvgIpc) is 2.95. The van der Waals surface area contributed by atoms with Crippen LogP contribution < -0.4 is 5.32 Å². The molecular formula is C18H22N2O2. The molecular weight excluding hydrogens is 276 g/mol. The van der Waals surface area contributed by atoms with Crippen LogP contribution >= 0.6 is 0 Å². The first kappa shape index (κ1) is 13.8. The van der Waals surface area contributed by atoms with E-state index in [-0.39, 0.29) is 11.9 Å². The monoisotopic (exact) mass is 298 g/mol. The highest BCUT2D eigenvalue weighted by Gasteiger charge is 2.47. The molecule has 4 atom stereocenters. The predicted octanol–water partition coefficient (Wildman–Crippen LogP) is 3.11. The molecule has 116 valence electrons. The van der Waals surface area contributed by atoms with Gasteiger partial charge >= 0.3 is 5.97 Å². The molecule has 2 N–H and O–H groups in total. The van der Waals surface area contributed by atoms with E-state index in [1.807, 2.05) is 12.1 Å². The predicted molar refractivity (Wildman–Crippen MR) is 85.7 cm³/mol. The van der Waals surface area contributed by atoms with E-state index >= 15 is 0 Å². The fourth-order valence-electron chi connectivity index (χ4n) is 4.50. The highest BCUT2D eigenvalue weighted by molar-refractivity contribution is 5.92. The number of para-hydroxylation sites is 1. The van der Waals surface area contributed by atoms with Crippen molar-refractivity contribution >= 4 is 16.9 Å². The van der Waals surface area contributed by atoms with Crippen molar-refractivity contribution in [3.05, 3.63) is 35.5 Å². The maximum absolute atomic E-state index is 12.6. The number of aromatic amines is 1. The lowest BCUT2D eigenvalue weighted by atomic mass is 9.66. The van der Waals surface area contributed by atoms with Crippen LogP contribution in [0.5, 0.6) is 0 Å². The number of aromatic nitrogens is 1. The first-order chi connectivity index (χ1) is 10.7. The van der Waals surface area contributed by atoms with E-state index in [0.29, 0.717) is 17.9 Å². The Morgan fingerprint density at radius 1 is 1.36 bits per heavy atom. The van der Waals surface area contributed by atoms with E-state index in [1.54, 1.807) is 0 Å². The van der Waals surface area contributed by atoms with Crippen LogP contribution in [0.2, 0.25) is 0 Å². The molecule has 1 aliphatic heterocycles. The molecule has 2 aliphatic rings. The molecule has 1 aliphatic carbocycles. The summed E-state index contributed by atoms with van der Waals surface area (Å²) in [5, 5.41) is 4.83. The Kier molecular flexibility index (Phi) is 3.22. The van der Waals surface area contributed by atoms with E-state index in [2.05, 4.69) is 29.4 Å². The van der Waals surface area contributed by atoms with E-state index in [9.17, 15) is 4.79 Å². The summed E-state index contributed by atoms with van der Waals surface area (Å²) in [5.41, 5.74) is 3.46. The Balaban J connectivity index is 1.94. The molecule has 4 rings (SSSR count). The SMILES string of the molecule is CC[C@H]1CN[C@H]2C[C@@H]1[C@@H](C(=O)OC)c1c2[nH]c2ccccc12. The average molecular weight is 298 g/mol. The lowest BCUT2D eigenvalue weighted by molar-refractivity contribution is -0.145. The van der Waals surface area contributed by atoms with Crippen molar-refractivity contribution in [1.29, 1.82) is 0 Å². The molecule has 2 bridgehead atoms. The number of ether oxygens (including phenoxy) is 1. The van der Waals surface area contributed by atoms with Crippen molar-refractivity contribution in [2.75, 3.05) is 13.7 Å². The normalized spacial score (nSPS) is 30.1. The molecule has 0 unspecified atom stereocenters. The van der Waals surface area contributed by atoms with Gasteiger partial charge in [0.25, 0.3) is 0 Å². The molecule has 0 spiro atoms. The lowest BCUT2D eigenvalue weighted by Crippen LogP contribution is -2.46. The van der Waals surface area contributed by atoms with E-state index in [4.69, 9.17) is 4.74 Å². The molecule has 4 nitrogen and oxygen atoms in total. The van der Waals surface area contributed by atoms with Gasteiger partial charge in [0, 0.05) is 22.6 Å².